The molecule has 0 unspecified atom stereocenters. The SMILES string of the molecule is CC[P+](CC)(CC)c1cc(F)c([N+](=O)[O-])cc1[N+](=O)[O-]. The summed E-state index contributed by atoms with van der Waals surface area (Å²) in [6.07, 6.45) is 2.12. The third-order valence-electron chi connectivity index (χ3n) is 3.76. The molecule has 0 aliphatic rings. The lowest BCUT2D eigenvalue weighted by Crippen LogP contribution is -2.22. The Kier molecular flexibility index (Phi) is 5.11. The van der Waals surface area contributed by atoms with Crippen LogP contribution in [0.5, 0.6) is 0 Å². The maximum atomic E-state index is 13.8. The highest BCUT2D eigenvalue weighted by Gasteiger charge is 2.42. The lowest BCUT2D eigenvalue weighted by Gasteiger charge is -2.22. The minimum atomic E-state index is -1.86. The van der Waals surface area contributed by atoms with Crippen molar-refractivity contribution in [1.29, 1.82) is 0 Å². The van der Waals surface area contributed by atoms with E-state index in [1.165, 1.54) is 0 Å². The van der Waals surface area contributed by atoms with Crippen molar-refractivity contribution in [3.8, 4) is 0 Å². The summed E-state index contributed by atoms with van der Waals surface area (Å²) in [5.74, 6) is -1.00. The molecule has 0 aliphatic carbocycles. The van der Waals surface area contributed by atoms with E-state index >= 15 is 0 Å². The molecule has 1 rings (SSSR count). The normalized spacial score (nSPS) is 11.4. The Morgan fingerprint density at radius 1 is 1.00 bits per heavy atom. The lowest BCUT2D eigenvalue weighted by molar-refractivity contribution is -0.395. The van der Waals surface area contributed by atoms with E-state index in [1.54, 1.807) is 0 Å². The molecule has 0 heterocycles. The summed E-state index contributed by atoms with van der Waals surface area (Å²) in [6.45, 7) is 5.76. The highest BCUT2D eigenvalue weighted by atomic mass is 31.2. The molecule has 0 fully saturated rings. The van der Waals surface area contributed by atoms with Gasteiger partial charge in [-0.15, -0.1) is 0 Å². The van der Waals surface area contributed by atoms with Gasteiger partial charge in [0, 0.05) is 6.07 Å². The van der Waals surface area contributed by atoms with Crippen molar-refractivity contribution in [3.05, 3.63) is 38.2 Å². The van der Waals surface area contributed by atoms with Gasteiger partial charge in [-0.1, -0.05) is 0 Å². The van der Waals surface area contributed by atoms with Crippen molar-refractivity contribution >= 4 is 23.9 Å². The first-order chi connectivity index (χ1) is 9.32. The maximum absolute atomic E-state index is 13.8. The van der Waals surface area contributed by atoms with Gasteiger partial charge < -0.3 is 0 Å². The van der Waals surface area contributed by atoms with Gasteiger partial charge in [0.25, 0.3) is 0 Å². The van der Waals surface area contributed by atoms with E-state index in [0.717, 1.165) is 12.1 Å². The summed E-state index contributed by atoms with van der Waals surface area (Å²) < 4.78 is 13.8. The third kappa shape index (κ3) is 2.77. The molecule has 1 aromatic carbocycles. The van der Waals surface area contributed by atoms with Gasteiger partial charge in [-0.2, -0.15) is 4.39 Å². The second-order valence-electron chi connectivity index (χ2n) is 4.40. The summed E-state index contributed by atoms with van der Waals surface area (Å²) in [5, 5.41) is 22.2. The highest BCUT2D eigenvalue weighted by molar-refractivity contribution is 7.83. The van der Waals surface area contributed by atoms with E-state index in [1.807, 2.05) is 20.8 Å². The van der Waals surface area contributed by atoms with E-state index in [0.29, 0.717) is 23.8 Å². The van der Waals surface area contributed by atoms with Gasteiger partial charge in [0.15, 0.2) is 5.30 Å². The monoisotopic (exact) mass is 303 g/mol. The van der Waals surface area contributed by atoms with Crippen LogP contribution >= 0.6 is 7.26 Å². The third-order valence-corrected chi connectivity index (χ3v) is 8.78. The predicted molar refractivity (Wildman–Crippen MR) is 77.9 cm³/mol. The molecule has 1 aromatic rings. The Morgan fingerprint density at radius 2 is 1.45 bits per heavy atom. The largest absolute Gasteiger partial charge is 0.318 e. The summed E-state index contributed by atoms with van der Waals surface area (Å²) in [4.78, 5) is 20.3. The van der Waals surface area contributed by atoms with E-state index in [2.05, 4.69) is 0 Å². The van der Waals surface area contributed by atoms with Crippen molar-refractivity contribution in [2.75, 3.05) is 18.5 Å². The fourth-order valence-electron chi connectivity index (χ4n) is 2.39. The maximum Gasteiger partial charge on any atom is 0.318 e. The van der Waals surface area contributed by atoms with Crippen molar-refractivity contribution < 1.29 is 14.2 Å². The van der Waals surface area contributed by atoms with Gasteiger partial charge in [0.2, 0.25) is 5.82 Å². The minimum Gasteiger partial charge on any atom is -0.258 e. The van der Waals surface area contributed by atoms with E-state index in [-0.39, 0.29) is 5.69 Å². The Hall–Kier alpha value is -1.62. The fraction of sp³-hybridized carbons (Fsp3) is 0.500. The smallest absolute Gasteiger partial charge is 0.258 e. The zero-order chi connectivity index (χ0) is 15.5. The average Bonchev–Trinajstić information content (AvgIpc) is 2.40. The summed E-state index contributed by atoms with van der Waals surface area (Å²) in [7, 11) is -1.86. The average molecular weight is 303 g/mol. The van der Waals surface area contributed by atoms with Crippen molar-refractivity contribution in [2.45, 2.75) is 20.8 Å². The topological polar surface area (TPSA) is 86.3 Å². The summed E-state index contributed by atoms with van der Waals surface area (Å²) >= 11 is 0. The number of nitro benzene ring substituents is 2. The zero-order valence-electron chi connectivity index (χ0n) is 11.6. The Balaban J connectivity index is 3.65. The van der Waals surface area contributed by atoms with Gasteiger partial charge in [-0.25, -0.2) is 0 Å². The van der Waals surface area contributed by atoms with Crippen LogP contribution in [0.25, 0.3) is 0 Å². The van der Waals surface area contributed by atoms with E-state index in [9.17, 15) is 24.6 Å². The molecule has 0 atom stereocenters. The van der Waals surface area contributed by atoms with Gasteiger partial charge in [0.05, 0.1) is 35.6 Å². The lowest BCUT2D eigenvalue weighted by atomic mass is 10.2. The molecule has 0 saturated carbocycles. The van der Waals surface area contributed by atoms with Gasteiger partial charge in [-0.3, -0.25) is 20.2 Å². The number of rotatable bonds is 6. The highest BCUT2D eigenvalue weighted by Crippen LogP contribution is 2.58. The van der Waals surface area contributed by atoms with Gasteiger partial charge in [-0.05, 0) is 20.8 Å². The second kappa shape index (κ2) is 6.22. The standard InChI is InChI=1S/C12H17FN2O4P/c1-4-20(5-2,6-3)12-7-9(13)10(14(16)17)8-11(12)15(18)19/h7-8H,4-6H2,1-3H3/q+1. The van der Waals surface area contributed by atoms with Crippen LogP contribution in [-0.4, -0.2) is 28.3 Å². The number of hydrogen-bond donors (Lipinski definition) is 0. The van der Waals surface area contributed by atoms with Gasteiger partial charge in [0.1, 0.15) is 6.07 Å². The first kappa shape index (κ1) is 16.4. The van der Waals surface area contributed by atoms with Crippen LogP contribution in [0.4, 0.5) is 15.8 Å². The Labute approximate surface area is 116 Å². The van der Waals surface area contributed by atoms with Crippen LogP contribution in [0.3, 0.4) is 0 Å². The first-order valence-corrected chi connectivity index (χ1v) is 8.66. The Morgan fingerprint density at radius 3 is 1.80 bits per heavy atom. The molecule has 0 amide bonds. The number of nitro groups is 2. The van der Waals surface area contributed by atoms with Crippen LogP contribution in [0.1, 0.15) is 20.8 Å². The molecule has 0 saturated heterocycles. The molecular formula is C12H17FN2O4P+. The summed E-state index contributed by atoms with van der Waals surface area (Å²) in [5.41, 5.74) is -1.18. The minimum absolute atomic E-state index is 0.336. The second-order valence-corrected chi connectivity index (χ2v) is 9.07. The molecule has 0 N–H and O–H groups in total. The van der Waals surface area contributed by atoms with Crippen LogP contribution in [-0.2, 0) is 0 Å². The predicted octanol–water partition coefficient (Wildman–Crippen LogP) is 3.34. The molecule has 0 aromatic heterocycles. The van der Waals surface area contributed by atoms with Crippen molar-refractivity contribution in [1.82, 2.24) is 0 Å². The molecule has 6 nitrogen and oxygen atoms in total. The van der Waals surface area contributed by atoms with E-state index in [4.69, 9.17) is 0 Å². The van der Waals surface area contributed by atoms with Crippen LogP contribution < -0.4 is 5.30 Å². The summed E-state index contributed by atoms with van der Waals surface area (Å²) in [6, 6.07) is 1.75. The number of nitrogens with zero attached hydrogens (tertiary/aromatic N) is 2. The number of benzene rings is 1. The van der Waals surface area contributed by atoms with Crippen molar-refractivity contribution in [3.63, 3.8) is 0 Å². The molecule has 20 heavy (non-hydrogen) atoms. The van der Waals surface area contributed by atoms with Crippen LogP contribution in [0.15, 0.2) is 12.1 Å². The molecule has 0 aliphatic heterocycles. The first-order valence-electron chi connectivity index (χ1n) is 6.31. The Bertz CT molecular complexity index is 538. The zero-order valence-corrected chi connectivity index (χ0v) is 12.5. The molecule has 0 spiro atoms. The number of hydrogen-bond acceptors (Lipinski definition) is 4. The quantitative estimate of drug-likeness (QED) is 0.458. The molecule has 110 valence electrons. The van der Waals surface area contributed by atoms with E-state index < -0.39 is 28.6 Å². The molecular weight excluding hydrogens is 286 g/mol. The molecule has 0 bridgehead atoms. The fourth-order valence-corrected chi connectivity index (χ4v) is 5.77. The molecule has 8 heteroatoms. The number of halogens is 1. The van der Waals surface area contributed by atoms with Crippen LogP contribution in [0, 0.1) is 26.0 Å². The molecule has 0 radical (unpaired) electrons. The van der Waals surface area contributed by atoms with Crippen molar-refractivity contribution in [2.24, 2.45) is 0 Å². The van der Waals surface area contributed by atoms with Gasteiger partial charge >= 0.3 is 11.4 Å². The van der Waals surface area contributed by atoms with Crippen LogP contribution in [0.2, 0.25) is 0 Å².